The summed E-state index contributed by atoms with van der Waals surface area (Å²) in [5, 5.41) is 0. The van der Waals surface area contributed by atoms with E-state index < -0.39 is 0 Å². The van der Waals surface area contributed by atoms with Gasteiger partial charge in [-0.25, -0.2) is 0 Å². The van der Waals surface area contributed by atoms with Gasteiger partial charge in [-0.05, 0) is 80.1 Å². The molecule has 0 unspecified atom stereocenters. The second-order valence-corrected chi connectivity index (χ2v) is 8.06. The maximum atomic E-state index is 5.88. The number of rotatable bonds is 6. The van der Waals surface area contributed by atoms with E-state index in [9.17, 15) is 0 Å². The van der Waals surface area contributed by atoms with Crippen molar-refractivity contribution in [3.63, 3.8) is 0 Å². The van der Waals surface area contributed by atoms with Crippen molar-refractivity contribution in [3.05, 3.63) is 35.9 Å². The Kier molecular flexibility index (Phi) is 3.79. The standard InChI is InChI=1S/C20H28O/c1-2-5-16(6-3-1)15-21-8-4-7-20-12-17-9-18(13-20)11-19(10-17)14-20/h1-3,5-6,17-19H,4,7-15H2. The minimum Gasteiger partial charge on any atom is -0.377 e. The highest BCUT2D eigenvalue weighted by Crippen LogP contribution is 2.61. The highest BCUT2D eigenvalue weighted by atomic mass is 16.5. The van der Waals surface area contributed by atoms with Crippen LogP contribution in [-0.2, 0) is 11.3 Å². The molecule has 0 spiro atoms. The van der Waals surface area contributed by atoms with Crippen LogP contribution in [-0.4, -0.2) is 6.61 Å². The minimum atomic E-state index is 0.727. The second kappa shape index (κ2) is 5.76. The van der Waals surface area contributed by atoms with Crippen molar-refractivity contribution in [2.75, 3.05) is 6.61 Å². The first-order valence-electron chi connectivity index (χ1n) is 8.93. The molecule has 1 nitrogen and oxygen atoms in total. The molecule has 4 saturated carbocycles. The average Bonchev–Trinajstić information content (AvgIpc) is 2.46. The number of benzene rings is 1. The Morgan fingerprint density at radius 2 is 1.52 bits per heavy atom. The molecule has 4 aliphatic rings. The first-order valence-corrected chi connectivity index (χ1v) is 8.93. The zero-order valence-electron chi connectivity index (χ0n) is 13.1. The molecule has 0 saturated heterocycles. The highest BCUT2D eigenvalue weighted by Gasteiger charge is 2.50. The predicted octanol–water partition coefficient (Wildman–Crippen LogP) is 5.20. The fourth-order valence-electron chi connectivity index (χ4n) is 5.91. The van der Waals surface area contributed by atoms with Crippen LogP contribution in [0.15, 0.2) is 30.3 Å². The Hall–Kier alpha value is -0.820. The minimum absolute atomic E-state index is 0.727. The van der Waals surface area contributed by atoms with Crippen LogP contribution < -0.4 is 0 Å². The molecule has 0 heterocycles. The molecule has 0 N–H and O–H groups in total. The van der Waals surface area contributed by atoms with Gasteiger partial charge in [0, 0.05) is 6.61 Å². The molecule has 114 valence electrons. The first kappa shape index (κ1) is 13.8. The summed E-state index contributed by atoms with van der Waals surface area (Å²) in [6.07, 6.45) is 12.0. The number of hydrogen-bond donors (Lipinski definition) is 0. The summed E-state index contributed by atoms with van der Waals surface area (Å²) in [4.78, 5) is 0. The van der Waals surface area contributed by atoms with Crippen LogP contribution in [0.1, 0.15) is 56.9 Å². The van der Waals surface area contributed by atoms with E-state index in [1.807, 2.05) is 0 Å². The van der Waals surface area contributed by atoms with Gasteiger partial charge in [-0.1, -0.05) is 30.3 Å². The van der Waals surface area contributed by atoms with E-state index in [0.717, 1.165) is 36.4 Å². The lowest BCUT2D eigenvalue weighted by Gasteiger charge is -2.57. The summed E-state index contributed by atoms with van der Waals surface area (Å²) in [6.45, 7) is 1.72. The van der Waals surface area contributed by atoms with Gasteiger partial charge in [0.15, 0.2) is 0 Å². The van der Waals surface area contributed by atoms with Crippen molar-refractivity contribution in [2.45, 2.75) is 58.0 Å². The summed E-state index contributed by atoms with van der Waals surface area (Å²) in [5.41, 5.74) is 2.03. The van der Waals surface area contributed by atoms with E-state index in [1.54, 1.807) is 38.5 Å². The molecule has 1 heteroatoms. The zero-order chi connectivity index (χ0) is 14.1. The van der Waals surface area contributed by atoms with Crippen LogP contribution in [0.4, 0.5) is 0 Å². The quantitative estimate of drug-likeness (QED) is 0.652. The maximum absolute atomic E-state index is 5.88. The monoisotopic (exact) mass is 284 g/mol. The van der Waals surface area contributed by atoms with E-state index in [-0.39, 0.29) is 0 Å². The fourth-order valence-corrected chi connectivity index (χ4v) is 5.91. The molecule has 0 aromatic heterocycles. The van der Waals surface area contributed by atoms with Crippen LogP contribution in [0.25, 0.3) is 0 Å². The Labute approximate surface area is 129 Å². The fraction of sp³-hybridized carbons (Fsp3) is 0.700. The summed E-state index contributed by atoms with van der Waals surface area (Å²) in [5.74, 6) is 3.25. The molecule has 0 atom stereocenters. The van der Waals surface area contributed by atoms with Gasteiger partial charge in [-0.15, -0.1) is 0 Å². The van der Waals surface area contributed by atoms with Gasteiger partial charge < -0.3 is 4.74 Å². The molecular formula is C20H28O. The third-order valence-corrected chi connectivity index (χ3v) is 6.27. The molecular weight excluding hydrogens is 256 g/mol. The van der Waals surface area contributed by atoms with Crippen molar-refractivity contribution < 1.29 is 4.74 Å². The van der Waals surface area contributed by atoms with E-state index in [1.165, 1.54) is 18.4 Å². The van der Waals surface area contributed by atoms with Crippen molar-refractivity contribution in [3.8, 4) is 0 Å². The SMILES string of the molecule is c1ccc(COCCCC23CC4CC(CC(C4)C2)C3)cc1. The van der Waals surface area contributed by atoms with Crippen LogP contribution >= 0.6 is 0 Å². The molecule has 0 aliphatic heterocycles. The topological polar surface area (TPSA) is 9.23 Å². The Balaban J connectivity index is 1.22. The van der Waals surface area contributed by atoms with E-state index in [0.29, 0.717) is 0 Å². The third-order valence-electron chi connectivity index (χ3n) is 6.27. The van der Waals surface area contributed by atoms with Crippen LogP contribution in [0, 0.1) is 23.2 Å². The van der Waals surface area contributed by atoms with E-state index in [2.05, 4.69) is 30.3 Å². The highest BCUT2D eigenvalue weighted by molar-refractivity contribution is 5.13. The molecule has 4 aliphatic carbocycles. The predicted molar refractivity (Wildman–Crippen MR) is 85.9 cm³/mol. The lowest BCUT2D eigenvalue weighted by atomic mass is 9.48. The number of ether oxygens (including phenoxy) is 1. The van der Waals surface area contributed by atoms with Gasteiger partial charge in [0.05, 0.1) is 6.61 Å². The maximum Gasteiger partial charge on any atom is 0.0716 e. The third kappa shape index (κ3) is 3.04. The summed E-state index contributed by atoms with van der Waals surface area (Å²) in [7, 11) is 0. The van der Waals surface area contributed by atoms with Crippen molar-refractivity contribution >= 4 is 0 Å². The molecule has 1 aromatic carbocycles. The van der Waals surface area contributed by atoms with Gasteiger partial charge >= 0.3 is 0 Å². The molecule has 4 fully saturated rings. The lowest BCUT2D eigenvalue weighted by molar-refractivity contribution is -0.0613. The first-order chi connectivity index (χ1) is 10.3. The van der Waals surface area contributed by atoms with Crippen molar-refractivity contribution in [1.82, 2.24) is 0 Å². The van der Waals surface area contributed by atoms with E-state index >= 15 is 0 Å². The normalized spacial score (nSPS) is 37.0. The molecule has 0 radical (unpaired) electrons. The van der Waals surface area contributed by atoms with E-state index in [4.69, 9.17) is 4.74 Å². The van der Waals surface area contributed by atoms with Gasteiger partial charge in [-0.3, -0.25) is 0 Å². The second-order valence-electron chi connectivity index (χ2n) is 8.06. The summed E-state index contributed by atoms with van der Waals surface area (Å²) in [6, 6.07) is 10.6. The molecule has 0 amide bonds. The van der Waals surface area contributed by atoms with Crippen LogP contribution in [0.2, 0.25) is 0 Å². The lowest BCUT2D eigenvalue weighted by Crippen LogP contribution is -2.46. The van der Waals surface area contributed by atoms with Crippen molar-refractivity contribution in [1.29, 1.82) is 0 Å². The molecule has 4 bridgehead atoms. The van der Waals surface area contributed by atoms with Crippen LogP contribution in [0.5, 0.6) is 0 Å². The van der Waals surface area contributed by atoms with Gasteiger partial charge in [0.2, 0.25) is 0 Å². The smallest absolute Gasteiger partial charge is 0.0716 e. The summed E-state index contributed by atoms with van der Waals surface area (Å²) < 4.78 is 5.88. The van der Waals surface area contributed by atoms with Gasteiger partial charge in [0.25, 0.3) is 0 Å². The van der Waals surface area contributed by atoms with Crippen molar-refractivity contribution in [2.24, 2.45) is 23.2 Å². The largest absolute Gasteiger partial charge is 0.377 e. The Morgan fingerprint density at radius 3 is 2.14 bits per heavy atom. The van der Waals surface area contributed by atoms with Gasteiger partial charge in [0.1, 0.15) is 0 Å². The van der Waals surface area contributed by atoms with Gasteiger partial charge in [-0.2, -0.15) is 0 Å². The Bertz CT molecular complexity index is 429. The number of hydrogen-bond acceptors (Lipinski definition) is 1. The Morgan fingerprint density at radius 1 is 0.905 bits per heavy atom. The molecule has 1 aromatic rings. The van der Waals surface area contributed by atoms with Crippen LogP contribution in [0.3, 0.4) is 0 Å². The zero-order valence-corrected chi connectivity index (χ0v) is 13.1. The molecule has 5 rings (SSSR count). The average molecular weight is 284 g/mol. The summed E-state index contributed by atoms with van der Waals surface area (Å²) >= 11 is 0. The molecule has 21 heavy (non-hydrogen) atoms.